The molecule has 2 aromatic rings. The van der Waals surface area contributed by atoms with Crippen molar-refractivity contribution in [3.63, 3.8) is 0 Å². The molecule has 148 valence electrons. The van der Waals surface area contributed by atoms with Gasteiger partial charge < -0.3 is 19.8 Å². The Morgan fingerprint density at radius 2 is 2.11 bits per heavy atom. The number of nitrogens with zero attached hydrogens (tertiary/aromatic N) is 1. The number of benzene rings is 1. The van der Waals surface area contributed by atoms with Crippen LogP contribution >= 0.6 is 0 Å². The van der Waals surface area contributed by atoms with Crippen LogP contribution in [0.1, 0.15) is 37.6 Å². The van der Waals surface area contributed by atoms with E-state index in [1.54, 1.807) is 12.3 Å². The molecule has 0 saturated heterocycles. The molecule has 0 aliphatic rings. The minimum Gasteiger partial charge on any atom is -0.469 e. The van der Waals surface area contributed by atoms with Crippen molar-refractivity contribution in [3.05, 3.63) is 59.6 Å². The monoisotopic (exact) mass is 379 g/mol. The van der Waals surface area contributed by atoms with Gasteiger partial charge in [-0.15, -0.1) is 0 Å². The number of ether oxygens (including phenoxy) is 1. The highest BCUT2D eigenvalue weighted by Gasteiger charge is 2.11. The van der Waals surface area contributed by atoms with E-state index in [0.717, 1.165) is 18.2 Å². The van der Waals surface area contributed by atoms with Gasteiger partial charge >= 0.3 is 0 Å². The van der Waals surface area contributed by atoms with E-state index in [4.69, 9.17) is 9.15 Å². The first-order valence-corrected chi connectivity index (χ1v) is 9.20. The van der Waals surface area contributed by atoms with Crippen LogP contribution in [0, 0.1) is 11.6 Å². The van der Waals surface area contributed by atoms with Gasteiger partial charge in [-0.25, -0.2) is 8.78 Å². The average molecular weight is 379 g/mol. The Morgan fingerprint density at radius 3 is 2.81 bits per heavy atom. The van der Waals surface area contributed by atoms with Gasteiger partial charge in [0.25, 0.3) is 0 Å². The number of hydrogen-bond acceptors (Lipinski definition) is 3. The molecule has 2 N–H and O–H groups in total. The summed E-state index contributed by atoms with van der Waals surface area (Å²) in [5.41, 5.74) is 0.642. The summed E-state index contributed by atoms with van der Waals surface area (Å²) in [6, 6.07) is 7.42. The fraction of sp³-hybridized carbons (Fsp3) is 0.450. The van der Waals surface area contributed by atoms with Crippen LogP contribution in [0.2, 0.25) is 0 Å². The van der Waals surface area contributed by atoms with Crippen molar-refractivity contribution in [3.8, 4) is 0 Å². The molecule has 1 aromatic carbocycles. The normalized spacial score (nSPS) is 12.8. The summed E-state index contributed by atoms with van der Waals surface area (Å²) in [6.45, 7) is 6.39. The van der Waals surface area contributed by atoms with Crippen LogP contribution < -0.4 is 10.6 Å². The first-order valence-electron chi connectivity index (χ1n) is 9.20. The minimum atomic E-state index is -0.859. The molecule has 1 aromatic heterocycles. The number of nitrogens with one attached hydrogen (secondary N) is 2. The molecule has 0 saturated carbocycles. The number of hydrogen-bond donors (Lipinski definition) is 2. The van der Waals surface area contributed by atoms with E-state index < -0.39 is 11.6 Å². The molecule has 1 unspecified atom stereocenters. The van der Waals surface area contributed by atoms with Crippen LogP contribution in [0.15, 0.2) is 46.0 Å². The highest BCUT2D eigenvalue weighted by atomic mass is 19.2. The summed E-state index contributed by atoms with van der Waals surface area (Å²) < 4.78 is 37.3. The number of aliphatic imine (C=N–C) groups is 1. The first-order chi connectivity index (χ1) is 13.1. The number of rotatable bonds is 10. The van der Waals surface area contributed by atoms with Gasteiger partial charge in [-0.2, -0.15) is 0 Å². The molecule has 1 heterocycles. The molecule has 0 aliphatic carbocycles. The van der Waals surface area contributed by atoms with E-state index in [-0.39, 0.29) is 6.04 Å². The Kier molecular flexibility index (Phi) is 8.77. The smallest absolute Gasteiger partial charge is 0.191 e. The third kappa shape index (κ3) is 7.38. The first kappa shape index (κ1) is 20.9. The zero-order chi connectivity index (χ0) is 19.5. The summed E-state index contributed by atoms with van der Waals surface area (Å²) in [5.74, 6) is -0.225. The third-order valence-electron chi connectivity index (χ3n) is 3.96. The summed E-state index contributed by atoms with van der Waals surface area (Å²) >= 11 is 0. The van der Waals surface area contributed by atoms with Gasteiger partial charge in [0.15, 0.2) is 17.6 Å². The van der Waals surface area contributed by atoms with Gasteiger partial charge in [0.1, 0.15) is 5.76 Å². The fourth-order valence-electron chi connectivity index (χ4n) is 2.48. The van der Waals surface area contributed by atoms with E-state index in [1.165, 1.54) is 6.07 Å². The Bertz CT molecular complexity index is 705. The Hall–Kier alpha value is -2.41. The molecular formula is C20H27F2N3O2. The molecule has 5 nitrogen and oxygen atoms in total. The van der Waals surface area contributed by atoms with Crippen LogP contribution in [0.4, 0.5) is 8.78 Å². The molecule has 0 fully saturated rings. The van der Waals surface area contributed by atoms with Crippen molar-refractivity contribution in [1.29, 1.82) is 0 Å². The SMILES string of the molecule is CCOCCCN=C(NCCc1ccco1)NC(C)c1ccc(F)c(F)c1. The lowest BCUT2D eigenvalue weighted by molar-refractivity contribution is 0.146. The Balaban J connectivity index is 1.94. The van der Waals surface area contributed by atoms with Gasteiger partial charge in [0, 0.05) is 32.7 Å². The predicted molar refractivity (Wildman–Crippen MR) is 102 cm³/mol. The maximum atomic E-state index is 13.5. The molecule has 7 heteroatoms. The van der Waals surface area contributed by atoms with Crippen molar-refractivity contribution in [2.24, 2.45) is 4.99 Å². The molecule has 0 bridgehead atoms. The predicted octanol–water partition coefficient (Wildman–Crippen LogP) is 3.82. The largest absolute Gasteiger partial charge is 0.469 e. The molecule has 27 heavy (non-hydrogen) atoms. The number of guanidine groups is 1. The van der Waals surface area contributed by atoms with E-state index >= 15 is 0 Å². The fourth-order valence-corrected chi connectivity index (χ4v) is 2.48. The summed E-state index contributed by atoms with van der Waals surface area (Å²) in [4.78, 5) is 4.54. The second kappa shape index (κ2) is 11.3. The van der Waals surface area contributed by atoms with Crippen molar-refractivity contribution >= 4 is 5.96 Å². The van der Waals surface area contributed by atoms with Gasteiger partial charge in [-0.1, -0.05) is 6.07 Å². The lowest BCUT2D eigenvalue weighted by Crippen LogP contribution is -2.40. The van der Waals surface area contributed by atoms with Gasteiger partial charge in [0.2, 0.25) is 0 Å². The van der Waals surface area contributed by atoms with E-state index in [9.17, 15) is 8.78 Å². The van der Waals surface area contributed by atoms with E-state index in [2.05, 4.69) is 15.6 Å². The standard InChI is InChI=1S/C20H27F2N3O2/c1-3-26-12-5-10-23-20(24-11-9-17-6-4-13-27-17)25-15(2)16-7-8-18(21)19(22)14-16/h4,6-8,13-15H,3,5,9-12H2,1-2H3,(H2,23,24,25). The summed E-state index contributed by atoms with van der Waals surface area (Å²) in [7, 11) is 0. The molecule has 0 aliphatic heterocycles. The summed E-state index contributed by atoms with van der Waals surface area (Å²) in [5, 5.41) is 6.48. The minimum absolute atomic E-state index is 0.234. The van der Waals surface area contributed by atoms with Gasteiger partial charge in [-0.3, -0.25) is 4.99 Å². The lowest BCUT2D eigenvalue weighted by Gasteiger charge is -2.19. The van der Waals surface area contributed by atoms with Crippen molar-refractivity contribution in [2.45, 2.75) is 32.7 Å². The zero-order valence-corrected chi connectivity index (χ0v) is 15.8. The van der Waals surface area contributed by atoms with Gasteiger partial charge in [-0.05, 0) is 50.1 Å². The second-order valence-electron chi connectivity index (χ2n) is 6.08. The maximum absolute atomic E-state index is 13.5. The second-order valence-corrected chi connectivity index (χ2v) is 6.08. The Labute approximate surface area is 158 Å². The molecule has 0 amide bonds. The highest BCUT2D eigenvalue weighted by molar-refractivity contribution is 5.80. The van der Waals surface area contributed by atoms with Crippen molar-refractivity contribution < 1.29 is 17.9 Å². The van der Waals surface area contributed by atoms with Crippen LogP contribution in [0.3, 0.4) is 0 Å². The Morgan fingerprint density at radius 1 is 1.26 bits per heavy atom. The van der Waals surface area contributed by atoms with Crippen LogP contribution in [0.25, 0.3) is 0 Å². The highest BCUT2D eigenvalue weighted by Crippen LogP contribution is 2.15. The molecule has 0 spiro atoms. The molecule has 0 radical (unpaired) electrons. The molecular weight excluding hydrogens is 352 g/mol. The number of halogens is 2. The third-order valence-corrected chi connectivity index (χ3v) is 3.96. The van der Waals surface area contributed by atoms with Crippen molar-refractivity contribution in [2.75, 3.05) is 26.3 Å². The van der Waals surface area contributed by atoms with Crippen molar-refractivity contribution in [1.82, 2.24) is 10.6 Å². The average Bonchev–Trinajstić information content (AvgIpc) is 3.17. The summed E-state index contributed by atoms with van der Waals surface area (Å²) in [6.07, 6.45) is 3.16. The molecule has 2 rings (SSSR count). The topological polar surface area (TPSA) is 58.8 Å². The molecule has 1 atom stereocenters. The van der Waals surface area contributed by atoms with Crippen LogP contribution in [-0.4, -0.2) is 32.3 Å². The van der Waals surface area contributed by atoms with Crippen LogP contribution in [0.5, 0.6) is 0 Å². The number of furan rings is 1. The van der Waals surface area contributed by atoms with E-state index in [1.807, 2.05) is 26.0 Å². The van der Waals surface area contributed by atoms with E-state index in [0.29, 0.717) is 44.2 Å². The van der Waals surface area contributed by atoms with Crippen LogP contribution in [-0.2, 0) is 11.2 Å². The maximum Gasteiger partial charge on any atom is 0.191 e. The quantitative estimate of drug-likeness (QED) is 0.374. The van der Waals surface area contributed by atoms with Gasteiger partial charge in [0.05, 0.1) is 12.3 Å². The lowest BCUT2D eigenvalue weighted by atomic mass is 10.1. The zero-order valence-electron chi connectivity index (χ0n) is 15.8.